The van der Waals surface area contributed by atoms with E-state index in [1.54, 1.807) is 12.1 Å². The first-order chi connectivity index (χ1) is 9.49. The molecule has 0 bridgehead atoms. The molecule has 2 rings (SSSR count). The van der Waals surface area contributed by atoms with Gasteiger partial charge in [0.1, 0.15) is 0 Å². The molecular formula is C14H19NO4S. The molecule has 0 saturated carbocycles. The van der Waals surface area contributed by atoms with Crippen LogP contribution in [-0.4, -0.2) is 34.0 Å². The molecule has 110 valence electrons. The highest BCUT2D eigenvalue weighted by Crippen LogP contribution is 2.16. The molecule has 1 unspecified atom stereocenters. The highest BCUT2D eigenvalue weighted by Gasteiger charge is 2.18. The van der Waals surface area contributed by atoms with E-state index in [4.69, 9.17) is 4.74 Å². The van der Waals surface area contributed by atoms with E-state index in [1.165, 1.54) is 19.1 Å². The van der Waals surface area contributed by atoms with E-state index in [1.807, 2.05) is 0 Å². The largest absolute Gasteiger partial charge is 0.381 e. The molecule has 1 fully saturated rings. The van der Waals surface area contributed by atoms with E-state index in [2.05, 4.69) is 4.72 Å². The number of rotatable bonds is 6. The molecule has 6 heteroatoms. The Morgan fingerprint density at radius 2 is 2.25 bits per heavy atom. The minimum Gasteiger partial charge on any atom is -0.381 e. The zero-order valence-corrected chi connectivity index (χ0v) is 12.3. The molecule has 5 nitrogen and oxygen atoms in total. The van der Waals surface area contributed by atoms with Crippen LogP contribution in [0, 0.1) is 5.92 Å². The van der Waals surface area contributed by atoms with Gasteiger partial charge in [-0.2, -0.15) is 0 Å². The summed E-state index contributed by atoms with van der Waals surface area (Å²) in [7, 11) is -3.55. The summed E-state index contributed by atoms with van der Waals surface area (Å²) in [4.78, 5) is 11.4. The number of ether oxygens (including phenoxy) is 1. The Hall–Kier alpha value is -1.24. The third-order valence-electron chi connectivity index (χ3n) is 3.42. The van der Waals surface area contributed by atoms with Crippen LogP contribution >= 0.6 is 0 Å². The van der Waals surface area contributed by atoms with Gasteiger partial charge in [-0.1, -0.05) is 12.1 Å². The van der Waals surface area contributed by atoms with Crippen LogP contribution < -0.4 is 4.72 Å². The van der Waals surface area contributed by atoms with Crippen LogP contribution in [0.2, 0.25) is 0 Å². The predicted octanol–water partition coefficient (Wildman–Crippen LogP) is 1.59. The minimum atomic E-state index is -3.55. The summed E-state index contributed by atoms with van der Waals surface area (Å²) in [5, 5.41) is 0. The van der Waals surface area contributed by atoms with Crippen LogP contribution in [0.15, 0.2) is 29.2 Å². The number of hydrogen-bond acceptors (Lipinski definition) is 4. The number of sulfonamides is 1. The van der Waals surface area contributed by atoms with Crippen molar-refractivity contribution >= 4 is 15.8 Å². The van der Waals surface area contributed by atoms with Crippen molar-refractivity contribution in [1.82, 2.24) is 4.72 Å². The third kappa shape index (κ3) is 3.88. The van der Waals surface area contributed by atoms with Gasteiger partial charge in [0.05, 0.1) is 4.90 Å². The number of carbonyl (C=O) groups is 1. The quantitative estimate of drug-likeness (QED) is 0.809. The number of carbonyl (C=O) groups excluding carboxylic acids is 1. The van der Waals surface area contributed by atoms with Crippen LogP contribution in [0.1, 0.15) is 30.1 Å². The highest BCUT2D eigenvalue weighted by molar-refractivity contribution is 7.89. The molecule has 1 N–H and O–H groups in total. The molecule has 1 aliphatic rings. The summed E-state index contributed by atoms with van der Waals surface area (Å²) in [6.45, 7) is 3.28. The number of benzene rings is 1. The first-order valence-electron chi connectivity index (χ1n) is 6.67. The van der Waals surface area contributed by atoms with Gasteiger partial charge in [-0.05, 0) is 37.8 Å². The maximum atomic E-state index is 12.1. The van der Waals surface area contributed by atoms with Crippen molar-refractivity contribution in [3.63, 3.8) is 0 Å². The maximum Gasteiger partial charge on any atom is 0.240 e. The SMILES string of the molecule is CC(=O)c1cccc(S(=O)(=O)NCCC2CCOC2)c1. The number of ketones is 1. The van der Waals surface area contributed by atoms with Crippen molar-refractivity contribution < 1.29 is 17.9 Å². The molecule has 1 atom stereocenters. The Labute approximate surface area is 119 Å². The lowest BCUT2D eigenvalue weighted by Crippen LogP contribution is -2.26. The summed E-state index contributed by atoms with van der Waals surface area (Å²) in [6, 6.07) is 6.09. The van der Waals surface area contributed by atoms with E-state index in [0.717, 1.165) is 19.4 Å². The van der Waals surface area contributed by atoms with E-state index < -0.39 is 10.0 Å². The number of Topliss-reactive ketones (excluding diaryl/α,β-unsaturated/α-hetero) is 1. The zero-order chi connectivity index (χ0) is 14.6. The Morgan fingerprint density at radius 3 is 2.90 bits per heavy atom. The number of hydrogen-bond donors (Lipinski definition) is 1. The Morgan fingerprint density at radius 1 is 1.45 bits per heavy atom. The lowest BCUT2D eigenvalue weighted by atomic mass is 10.1. The second kappa shape index (κ2) is 6.47. The van der Waals surface area contributed by atoms with Crippen LogP contribution in [0.4, 0.5) is 0 Å². The lowest BCUT2D eigenvalue weighted by molar-refractivity contribution is 0.101. The fourth-order valence-corrected chi connectivity index (χ4v) is 3.27. The summed E-state index contributed by atoms with van der Waals surface area (Å²) in [5.74, 6) is 0.284. The van der Waals surface area contributed by atoms with Gasteiger partial charge in [-0.15, -0.1) is 0 Å². The van der Waals surface area contributed by atoms with Crippen molar-refractivity contribution in [1.29, 1.82) is 0 Å². The van der Waals surface area contributed by atoms with Crippen molar-refractivity contribution in [2.24, 2.45) is 5.92 Å². The summed E-state index contributed by atoms with van der Waals surface area (Å²) < 4.78 is 32.1. The maximum absolute atomic E-state index is 12.1. The van der Waals surface area contributed by atoms with E-state index in [-0.39, 0.29) is 10.7 Å². The summed E-state index contributed by atoms with van der Waals surface area (Å²) >= 11 is 0. The molecule has 0 aliphatic carbocycles. The third-order valence-corrected chi connectivity index (χ3v) is 4.88. The van der Waals surface area contributed by atoms with Gasteiger partial charge < -0.3 is 4.74 Å². The molecule has 1 saturated heterocycles. The Bertz CT molecular complexity index is 577. The second-order valence-electron chi connectivity index (χ2n) is 5.00. The van der Waals surface area contributed by atoms with E-state index in [0.29, 0.717) is 24.6 Å². The number of nitrogens with one attached hydrogen (secondary N) is 1. The van der Waals surface area contributed by atoms with E-state index >= 15 is 0 Å². The fraction of sp³-hybridized carbons (Fsp3) is 0.500. The summed E-state index contributed by atoms with van der Waals surface area (Å²) in [6.07, 6.45) is 1.76. The molecule has 0 spiro atoms. The van der Waals surface area contributed by atoms with Gasteiger partial charge in [0.2, 0.25) is 10.0 Å². The van der Waals surface area contributed by atoms with Crippen molar-refractivity contribution in [3.8, 4) is 0 Å². The monoisotopic (exact) mass is 297 g/mol. The standard InChI is InChI=1S/C14H19NO4S/c1-11(16)13-3-2-4-14(9-13)20(17,18)15-7-5-12-6-8-19-10-12/h2-4,9,12,15H,5-8,10H2,1H3. The van der Waals surface area contributed by atoms with Crippen molar-refractivity contribution in [2.75, 3.05) is 19.8 Å². The Kier molecular flexibility index (Phi) is 4.91. The first kappa shape index (κ1) is 15.2. The van der Waals surface area contributed by atoms with Crippen LogP contribution in [0.25, 0.3) is 0 Å². The highest BCUT2D eigenvalue weighted by atomic mass is 32.2. The second-order valence-corrected chi connectivity index (χ2v) is 6.77. The smallest absolute Gasteiger partial charge is 0.240 e. The topological polar surface area (TPSA) is 72.5 Å². The van der Waals surface area contributed by atoms with Gasteiger partial charge in [0.15, 0.2) is 5.78 Å². The van der Waals surface area contributed by atoms with Crippen molar-refractivity contribution in [2.45, 2.75) is 24.7 Å². The lowest BCUT2D eigenvalue weighted by Gasteiger charge is -2.10. The van der Waals surface area contributed by atoms with Crippen LogP contribution in [0.5, 0.6) is 0 Å². The average Bonchev–Trinajstić information content (AvgIpc) is 2.92. The molecular weight excluding hydrogens is 278 g/mol. The molecule has 0 aromatic heterocycles. The molecule has 1 aromatic rings. The normalized spacial score (nSPS) is 19.1. The summed E-state index contributed by atoms with van der Waals surface area (Å²) in [5.41, 5.74) is 0.400. The molecule has 0 amide bonds. The molecule has 0 radical (unpaired) electrons. The molecule has 1 aliphatic heterocycles. The van der Waals surface area contributed by atoms with Gasteiger partial charge in [-0.3, -0.25) is 4.79 Å². The van der Waals surface area contributed by atoms with Crippen molar-refractivity contribution in [3.05, 3.63) is 29.8 Å². The van der Waals surface area contributed by atoms with Crippen LogP contribution in [-0.2, 0) is 14.8 Å². The van der Waals surface area contributed by atoms with Crippen LogP contribution in [0.3, 0.4) is 0 Å². The van der Waals surface area contributed by atoms with Gasteiger partial charge in [0, 0.05) is 25.3 Å². The Balaban J connectivity index is 1.98. The first-order valence-corrected chi connectivity index (χ1v) is 8.16. The minimum absolute atomic E-state index is 0.132. The average molecular weight is 297 g/mol. The molecule has 1 aromatic carbocycles. The molecule has 1 heterocycles. The molecule has 20 heavy (non-hydrogen) atoms. The van der Waals surface area contributed by atoms with E-state index in [9.17, 15) is 13.2 Å². The van der Waals surface area contributed by atoms with Gasteiger partial charge in [0.25, 0.3) is 0 Å². The van der Waals surface area contributed by atoms with Gasteiger partial charge >= 0.3 is 0 Å². The predicted molar refractivity (Wildman–Crippen MR) is 75.2 cm³/mol. The fourth-order valence-electron chi connectivity index (χ4n) is 2.17. The zero-order valence-electron chi connectivity index (χ0n) is 11.5. The van der Waals surface area contributed by atoms with Gasteiger partial charge in [-0.25, -0.2) is 13.1 Å².